The molecule has 1 heterocycles. The second-order valence-electron chi connectivity index (χ2n) is 4.63. The third-order valence-electron chi connectivity index (χ3n) is 3.86. The van der Waals surface area contributed by atoms with Crippen LogP contribution in [0.1, 0.15) is 39.5 Å². The van der Waals surface area contributed by atoms with Crippen LogP contribution in [0, 0.1) is 5.92 Å². The molecule has 17 heavy (non-hydrogen) atoms. The van der Waals surface area contributed by atoms with Gasteiger partial charge in [0.25, 0.3) is 0 Å². The minimum Gasteiger partial charge on any atom is -0.457 e. The maximum absolute atomic E-state index is 11.8. The lowest BCUT2D eigenvalue weighted by Gasteiger charge is -2.40. The Balaban J connectivity index is 2.75. The fourth-order valence-corrected chi connectivity index (χ4v) is 2.94. The van der Waals surface area contributed by atoms with Crippen LogP contribution in [0.5, 0.6) is 0 Å². The zero-order chi connectivity index (χ0) is 12.9. The molecule has 0 atom stereocenters. The molecule has 0 unspecified atom stereocenters. The van der Waals surface area contributed by atoms with E-state index in [0.717, 1.165) is 38.8 Å². The maximum Gasteiger partial charge on any atom is 0.331 e. The van der Waals surface area contributed by atoms with Gasteiger partial charge in [-0.25, -0.2) is 4.79 Å². The maximum atomic E-state index is 11.8. The molecule has 5 heteroatoms. The van der Waals surface area contributed by atoms with E-state index in [1.807, 2.05) is 0 Å². The number of piperidine rings is 1. The van der Waals surface area contributed by atoms with Crippen LogP contribution < -0.4 is 5.32 Å². The van der Waals surface area contributed by atoms with Gasteiger partial charge in [-0.2, -0.15) is 0 Å². The van der Waals surface area contributed by atoms with Crippen molar-refractivity contribution in [2.75, 3.05) is 13.1 Å². The Hall–Kier alpha value is 0.390. The Morgan fingerprint density at radius 1 is 1.35 bits per heavy atom. The molecule has 0 aliphatic carbocycles. The molecule has 0 bridgehead atoms. The number of quaternary nitrogens is 1. The average molecular weight is 372 g/mol. The van der Waals surface area contributed by atoms with Gasteiger partial charge in [-0.1, -0.05) is 45.7 Å². The van der Waals surface area contributed by atoms with E-state index in [-0.39, 0.29) is 11.6 Å². The molecule has 2 N–H and O–H groups in total. The molecule has 0 radical (unpaired) electrons. The predicted molar refractivity (Wildman–Crippen MR) is 75.4 cm³/mol. The number of hydrogen-bond acceptors (Lipinski definition) is 2. The summed E-state index contributed by atoms with van der Waals surface area (Å²) in [5.74, 6) is 0.299. The Bertz CT molecular complexity index is 249. The van der Waals surface area contributed by atoms with Gasteiger partial charge in [0.15, 0.2) is 3.74 Å². The monoisotopic (exact) mass is 370 g/mol. The van der Waals surface area contributed by atoms with Gasteiger partial charge in [0.1, 0.15) is 5.60 Å². The summed E-state index contributed by atoms with van der Waals surface area (Å²) in [6.07, 6.45) is 4.08. The number of ether oxygens (including phenoxy) is 1. The van der Waals surface area contributed by atoms with E-state index < -0.39 is 3.74 Å². The summed E-state index contributed by atoms with van der Waals surface area (Å²) in [5, 5.41) is 2.34. The fourth-order valence-electron chi connectivity index (χ4n) is 2.75. The van der Waals surface area contributed by atoms with Crippen molar-refractivity contribution in [3.63, 3.8) is 0 Å². The van der Waals surface area contributed by atoms with E-state index in [1.54, 1.807) is 0 Å². The quantitative estimate of drug-likeness (QED) is 0.594. The van der Waals surface area contributed by atoms with Crippen molar-refractivity contribution < 1.29 is 14.8 Å². The number of rotatable bonds is 5. The van der Waals surface area contributed by atoms with Gasteiger partial charge < -0.3 is 10.1 Å². The third kappa shape index (κ3) is 3.93. The second-order valence-corrected chi connectivity index (χ2v) is 7.69. The normalized spacial score (nSPS) is 18.4. The zero-order valence-corrected chi connectivity index (χ0v) is 13.7. The largest absolute Gasteiger partial charge is 0.457 e. The molecular formula is C12H22Br2NO2+. The molecule has 1 aliphatic rings. The second kappa shape index (κ2) is 7.10. The number of carbonyl (C=O) groups is 1. The highest BCUT2D eigenvalue weighted by molar-refractivity contribution is 9.25. The summed E-state index contributed by atoms with van der Waals surface area (Å²) in [5.41, 5.74) is -0.273. The van der Waals surface area contributed by atoms with Crippen LogP contribution in [-0.4, -0.2) is 28.4 Å². The van der Waals surface area contributed by atoms with Gasteiger partial charge in [-0.05, 0) is 12.8 Å². The van der Waals surface area contributed by atoms with Gasteiger partial charge in [0.2, 0.25) is 0 Å². The van der Waals surface area contributed by atoms with E-state index in [1.165, 1.54) is 0 Å². The van der Waals surface area contributed by atoms with E-state index in [0.29, 0.717) is 5.92 Å². The van der Waals surface area contributed by atoms with E-state index >= 15 is 0 Å². The molecule has 1 rings (SSSR count). The number of alkyl halides is 2. The van der Waals surface area contributed by atoms with Crippen LogP contribution in [0.2, 0.25) is 0 Å². The van der Waals surface area contributed by atoms with Crippen LogP contribution in [0.3, 0.4) is 0 Å². The van der Waals surface area contributed by atoms with Crippen molar-refractivity contribution in [1.82, 2.24) is 0 Å². The number of esters is 1. The van der Waals surface area contributed by atoms with Crippen LogP contribution >= 0.6 is 31.9 Å². The minimum absolute atomic E-state index is 0.205. The lowest BCUT2D eigenvalue weighted by atomic mass is 9.77. The van der Waals surface area contributed by atoms with E-state index in [2.05, 4.69) is 51.0 Å². The molecule has 0 aromatic rings. The van der Waals surface area contributed by atoms with Gasteiger partial charge >= 0.3 is 5.97 Å². The number of carbonyl (C=O) groups excluding carboxylic acids is 1. The van der Waals surface area contributed by atoms with Crippen molar-refractivity contribution in [3.05, 3.63) is 0 Å². The Morgan fingerprint density at radius 2 is 1.88 bits per heavy atom. The first-order valence-corrected chi connectivity index (χ1v) is 8.21. The molecule has 1 aliphatic heterocycles. The first-order valence-electron chi connectivity index (χ1n) is 6.38. The van der Waals surface area contributed by atoms with Crippen LogP contribution in [-0.2, 0) is 9.53 Å². The molecule has 0 aromatic heterocycles. The number of hydrogen-bond donors (Lipinski definition) is 1. The standard InChI is InChI=1S/C12H21Br2NO2/c1-3-12(4-2,17-11(16)10(13)14)9-5-7-15-8-6-9/h9-10,15H,3-8H2,1-2H3/p+1. The third-order valence-corrected chi connectivity index (χ3v) is 4.61. The fraction of sp³-hybridized carbons (Fsp3) is 0.917. The molecular weight excluding hydrogens is 350 g/mol. The molecule has 0 saturated carbocycles. The predicted octanol–water partition coefficient (Wildman–Crippen LogP) is 2.18. The van der Waals surface area contributed by atoms with Crippen molar-refractivity contribution in [2.45, 2.75) is 48.9 Å². The van der Waals surface area contributed by atoms with Crippen molar-refractivity contribution >= 4 is 37.8 Å². The van der Waals surface area contributed by atoms with Gasteiger partial charge in [-0.3, -0.25) is 0 Å². The number of halogens is 2. The van der Waals surface area contributed by atoms with Crippen LogP contribution in [0.4, 0.5) is 0 Å². The highest BCUT2D eigenvalue weighted by Crippen LogP contribution is 2.35. The van der Waals surface area contributed by atoms with Crippen molar-refractivity contribution in [3.8, 4) is 0 Å². The van der Waals surface area contributed by atoms with E-state index in [4.69, 9.17) is 4.74 Å². The average Bonchev–Trinajstić information content (AvgIpc) is 2.36. The van der Waals surface area contributed by atoms with Crippen molar-refractivity contribution in [2.24, 2.45) is 5.92 Å². The molecule has 0 amide bonds. The van der Waals surface area contributed by atoms with Crippen molar-refractivity contribution in [1.29, 1.82) is 0 Å². The molecule has 0 aromatic carbocycles. The highest BCUT2D eigenvalue weighted by atomic mass is 79.9. The minimum atomic E-state index is -0.400. The topological polar surface area (TPSA) is 42.9 Å². The summed E-state index contributed by atoms with van der Waals surface area (Å²) in [4.78, 5) is 11.8. The first kappa shape index (κ1) is 15.4. The molecule has 1 fully saturated rings. The summed E-state index contributed by atoms with van der Waals surface area (Å²) < 4.78 is 5.39. The SMILES string of the molecule is CCC(CC)(OC(=O)C(Br)Br)C1CC[NH2+]CC1. The summed E-state index contributed by atoms with van der Waals surface area (Å²) >= 11 is 6.42. The lowest BCUT2D eigenvalue weighted by molar-refractivity contribution is -0.666. The molecule has 1 saturated heterocycles. The van der Waals surface area contributed by atoms with Gasteiger partial charge in [0.05, 0.1) is 13.1 Å². The Morgan fingerprint density at radius 3 is 2.29 bits per heavy atom. The lowest BCUT2D eigenvalue weighted by Crippen LogP contribution is -2.86. The zero-order valence-electron chi connectivity index (χ0n) is 10.5. The van der Waals surface area contributed by atoms with Crippen LogP contribution in [0.15, 0.2) is 0 Å². The van der Waals surface area contributed by atoms with Gasteiger partial charge in [0, 0.05) is 18.8 Å². The van der Waals surface area contributed by atoms with Gasteiger partial charge in [-0.15, -0.1) is 0 Å². The van der Waals surface area contributed by atoms with E-state index in [9.17, 15) is 4.79 Å². The molecule has 100 valence electrons. The first-order chi connectivity index (χ1) is 8.05. The van der Waals surface area contributed by atoms with Crippen LogP contribution in [0.25, 0.3) is 0 Å². The summed E-state index contributed by atoms with van der Waals surface area (Å²) in [6.45, 7) is 6.53. The number of nitrogens with two attached hydrogens (primary N) is 1. The summed E-state index contributed by atoms with van der Waals surface area (Å²) in [6, 6.07) is 0. The summed E-state index contributed by atoms with van der Waals surface area (Å²) in [7, 11) is 0. The highest BCUT2D eigenvalue weighted by Gasteiger charge is 2.41. The molecule has 0 spiro atoms. The smallest absolute Gasteiger partial charge is 0.331 e. The Kier molecular flexibility index (Phi) is 6.45. The molecule has 3 nitrogen and oxygen atoms in total. The Labute approximate surface area is 120 Å².